The van der Waals surface area contributed by atoms with Gasteiger partial charge in [0.15, 0.2) is 0 Å². The molecule has 1 aliphatic carbocycles. The molecule has 1 aromatic carbocycles. The van der Waals surface area contributed by atoms with Crippen LogP contribution >= 0.6 is 11.8 Å². The van der Waals surface area contributed by atoms with E-state index in [4.69, 9.17) is 5.73 Å². The van der Waals surface area contributed by atoms with E-state index in [-0.39, 0.29) is 11.9 Å². The third-order valence-corrected chi connectivity index (χ3v) is 5.87. The van der Waals surface area contributed by atoms with Gasteiger partial charge in [-0.3, -0.25) is 4.79 Å². The summed E-state index contributed by atoms with van der Waals surface area (Å²) in [6.45, 7) is 2.20. The fourth-order valence-corrected chi connectivity index (χ4v) is 4.72. The van der Waals surface area contributed by atoms with Gasteiger partial charge in [-0.1, -0.05) is 38.0 Å². The summed E-state index contributed by atoms with van der Waals surface area (Å²) in [5.41, 5.74) is 6.99. The summed E-state index contributed by atoms with van der Waals surface area (Å²) in [6, 6.07) is 8.49. The Morgan fingerprint density at radius 3 is 3.00 bits per heavy atom. The first-order chi connectivity index (χ1) is 10.1. The molecular formula is C17H24N2OS. The molecule has 3 atom stereocenters. The molecule has 3 N–H and O–H groups in total. The van der Waals surface area contributed by atoms with Crippen LogP contribution in [0.15, 0.2) is 29.2 Å². The van der Waals surface area contributed by atoms with Gasteiger partial charge in [-0.05, 0) is 36.8 Å². The quantitative estimate of drug-likeness (QED) is 0.882. The van der Waals surface area contributed by atoms with E-state index in [1.165, 1.54) is 16.9 Å². The normalized spacial score (nSPS) is 32.3. The van der Waals surface area contributed by atoms with E-state index in [1.807, 2.05) is 17.8 Å². The Labute approximate surface area is 131 Å². The minimum absolute atomic E-state index is 0.0424. The van der Waals surface area contributed by atoms with Crippen LogP contribution in [0, 0.1) is 5.92 Å². The monoisotopic (exact) mass is 304 g/mol. The second kappa shape index (κ2) is 6.01. The Morgan fingerprint density at radius 1 is 1.38 bits per heavy atom. The predicted molar refractivity (Wildman–Crippen MR) is 87.2 cm³/mol. The lowest BCUT2D eigenvalue weighted by molar-refractivity contribution is -0.128. The number of fused-ring (bicyclic) bond motifs is 1. The predicted octanol–water partition coefficient (Wildman–Crippen LogP) is 3.25. The largest absolute Gasteiger partial charge is 0.348 e. The fraction of sp³-hybridized carbons (Fsp3) is 0.588. The third kappa shape index (κ3) is 3.11. The van der Waals surface area contributed by atoms with Crippen molar-refractivity contribution < 1.29 is 4.79 Å². The van der Waals surface area contributed by atoms with Crippen molar-refractivity contribution in [1.29, 1.82) is 0 Å². The summed E-state index contributed by atoms with van der Waals surface area (Å²) in [5.74, 6) is 1.64. The maximum absolute atomic E-state index is 12.7. The van der Waals surface area contributed by atoms with Gasteiger partial charge >= 0.3 is 0 Å². The van der Waals surface area contributed by atoms with Crippen LogP contribution < -0.4 is 11.1 Å². The molecule has 1 fully saturated rings. The summed E-state index contributed by atoms with van der Waals surface area (Å²) >= 11 is 1.87. The van der Waals surface area contributed by atoms with Gasteiger partial charge in [0.1, 0.15) is 0 Å². The molecule has 1 aromatic rings. The molecule has 4 heteroatoms. The van der Waals surface area contributed by atoms with Gasteiger partial charge < -0.3 is 11.1 Å². The number of hydrogen-bond donors (Lipinski definition) is 2. The summed E-state index contributed by atoms with van der Waals surface area (Å²) < 4.78 is 0. The zero-order chi connectivity index (χ0) is 14.9. The van der Waals surface area contributed by atoms with E-state index in [0.717, 1.165) is 31.4 Å². The van der Waals surface area contributed by atoms with Crippen LogP contribution in [0.4, 0.5) is 0 Å². The third-order valence-electron chi connectivity index (χ3n) is 4.75. The van der Waals surface area contributed by atoms with E-state index < -0.39 is 5.54 Å². The highest BCUT2D eigenvalue weighted by Crippen LogP contribution is 2.37. The first-order valence-corrected chi connectivity index (χ1v) is 8.89. The Balaban J connectivity index is 1.74. The number of carbonyl (C=O) groups is 1. The first-order valence-electron chi connectivity index (χ1n) is 7.90. The molecular weight excluding hydrogens is 280 g/mol. The van der Waals surface area contributed by atoms with Gasteiger partial charge in [0.05, 0.1) is 11.6 Å². The highest BCUT2D eigenvalue weighted by molar-refractivity contribution is 7.99. The molecule has 0 aromatic heterocycles. The molecule has 1 heterocycles. The number of thioether (sulfide) groups is 1. The van der Waals surface area contributed by atoms with Gasteiger partial charge in [-0.15, -0.1) is 11.8 Å². The minimum atomic E-state index is -0.669. The number of nitrogens with one attached hydrogen (secondary N) is 1. The van der Waals surface area contributed by atoms with Gasteiger partial charge in [-0.2, -0.15) is 0 Å². The van der Waals surface area contributed by atoms with Crippen molar-refractivity contribution in [2.75, 3.05) is 5.75 Å². The van der Waals surface area contributed by atoms with Crippen molar-refractivity contribution >= 4 is 17.7 Å². The SMILES string of the molecule is CC1CCCC(N)(C(=O)NC2CCSc3ccccc32)C1. The zero-order valence-corrected chi connectivity index (χ0v) is 13.4. The lowest BCUT2D eigenvalue weighted by atomic mass is 9.76. The Morgan fingerprint density at radius 2 is 2.19 bits per heavy atom. The van der Waals surface area contributed by atoms with Gasteiger partial charge in [0.2, 0.25) is 5.91 Å². The van der Waals surface area contributed by atoms with Crippen LogP contribution in [-0.4, -0.2) is 17.2 Å². The Kier molecular flexibility index (Phi) is 4.27. The number of benzene rings is 1. The Bertz CT molecular complexity index is 533. The van der Waals surface area contributed by atoms with E-state index in [0.29, 0.717) is 5.92 Å². The van der Waals surface area contributed by atoms with Gasteiger partial charge in [-0.25, -0.2) is 0 Å². The van der Waals surface area contributed by atoms with Crippen molar-refractivity contribution in [3.8, 4) is 0 Å². The standard InChI is InChI=1S/C17H24N2OS/c1-12-5-4-9-17(18,11-12)16(20)19-14-8-10-21-15-7-3-2-6-13(14)15/h2-3,6-7,12,14H,4-5,8-11,18H2,1H3,(H,19,20). The maximum atomic E-state index is 12.7. The van der Waals surface area contributed by atoms with E-state index >= 15 is 0 Å². The lowest BCUT2D eigenvalue weighted by Crippen LogP contribution is -2.56. The molecule has 1 saturated carbocycles. The van der Waals surface area contributed by atoms with Crippen molar-refractivity contribution in [3.63, 3.8) is 0 Å². The van der Waals surface area contributed by atoms with Crippen LogP contribution in [0.1, 0.15) is 50.6 Å². The second-order valence-electron chi connectivity index (χ2n) is 6.56. The van der Waals surface area contributed by atoms with Crippen molar-refractivity contribution in [3.05, 3.63) is 29.8 Å². The number of amides is 1. The van der Waals surface area contributed by atoms with Crippen LogP contribution in [0.3, 0.4) is 0 Å². The summed E-state index contributed by atoms with van der Waals surface area (Å²) in [7, 11) is 0. The molecule has 1 aliphatic heterocycles. The summed E-state index contributed by atoms with van der Waals surface area (Å²) in [6.07, 6.45) is 4.85. The topological polar surface area (TPSA) is 55.1 Å². The Hall–Kier alpha value is -1.00. The average molecular weight is 304 g/mol. The van der Waals surface area contributed by atoms with Crippen LogP contribution in [0.25, 0.3) is 0 Å². The van der Waals surface area contributed by atoms with Crippen molar-refractivity contribution in [1.82, 2.24) is 5.32 Å². The van der Waals surface area contributed by atoms with E-state index in [2.05, 4.69) is 30.4 Å². The lowest BCUT2D eigenvalue weighted by Gasteiger charge is -2.37. The van der Waals surface area contributed by atoms with Crippen molar-refractivity contribution in [2.24, 2.45) is 11.7 Å². The molecule has 1 amide bonds. The molecule has 0 radical (unpaired) electrons. The minimum Gasteiger partial charge on any atom is -0.348 e. The fourth-order valence-electron chi connectivity index (χ4n) is 3.59. The first kappa shape index (κ1) is 14.9. The highest BCUT2D eigenvalue weighted by atomic mass is 32.2. The molecule has 3 rings (SSSR count). The molecule has 0 bridgehead atoms. The maximum Gasteiger partial charge on any atom is 0.240 e. The number of hydrogen-bond acceptors (Lipinski definition) is 3. The number of carbonyl (C=O) groups excluding carboxylic acids is 1. The van der Waals surface area contributed by atoms with E-state index in [1.54, 1.807) is 0 Å². The molecule has 114 valence electrons. The molecule has 2 aliphatic rings. The zero-order valence-electron chi connectivity index (χ0n) is 12.6. The second-order valence-corrected chi connectivity index (χ2v) is 7.70. The molecule has 3 nitrogen and oxygen atoms in total. The molecule has 3 unspecified atom stereocenters. The van der Waals surface area contributed by atoms with Gasteiger partial charge in [0.25, 0.3) is 0 Å². The van der Waals surface area contributed by atoms with E-state index in [9.17, 15) is 4.79 Å². The van der Waals surface area contributed by atoms with Crippen LogP contribution in [-0.2, 0) is 4.79 Å². The molecule has 0 saturated heterocycles. The highest BCUT2D eigenvalue weighted by Gasteiger charge is 2.39. The summed E-state index contributed by atoms with van der Waals surface area (Å²) in [4.78, 5) is 14.0. The van der Waals surface area contributed by atoms with Crippen LogP contribution in [0.2, 0.25) is 0 Å². The van der Waals surface area contributed by atoms with Crippen LogP contribution in [0.5, 0.6) is 0 Å². The molecule has 21 heavy (non-hydrogen) atoms. The summed E-state index contributed by atoms with van der Waals surface area (Å²) in [5, 5.41) is 3.23. The van der Waals surface area contributed by atoms with Gasteiger partial charge in [0, 0.05) is 10.6 Å². The molecule has 0 spiro atoms. The number of rotatable bonds is 2. The number of nitrogens with two attached hydrogens (primary N) is 1. The average Bonchev–Trinajstić information content (AvgIpc) is 2.47. The smallest absolute Gasteiger partial charge is 0.240 e. The van der Waals surface area contributed by atoms with Crippen molar-refractivity contribution in [2.45, 2.75) is 55.5 Å².